The van der Waals surface area contributed by atoms with Gasteiger partial charge in [-0.05, 0) is 25.7 Å². The predicted octanol–water partition coefficient (Wildman–Crippen LogP) is -0.872. The van der Waals surface area contributed by atoms with Gasteiger partial charge in [0.25, 0.3) is 0 Å². The van der Waals surface area contributed by atoms with Crippen LogP contribution in [-0.4, -0.2) is 47.3 Å². The van der Waals surface area contributed by atoms with Gasteiger partial charge in [0.15, 0.2) is 0 Å². The van der Waals surface area contributed by atoms with Crippen molar-refractivity contribution in [3.8, 4) is 0 Å². The topological polar surface area (TPSA) is 119 Å². The molecular weight excluding hydrogens is 296 g/mol. The highest BCUT2D eigenvalue weighted by molar-refractivity contribution is 5.85. The largest absolute Gasteiger partial charge is 0.368 e. The lowest BCUT2D eigenvalue weighted by Crippen LogP contribution is -2.51. The van der Waals surface area contributed by atoms with Gasteiger partial charge in [-0.2, -0.15) is 0 Å². The van der Waals surface area contributed by atoms with Crippen LogP contribution in [0.3, 0.4) is 0 Å². The van der Waals surface area contributed by atoms with Crippen LogP contribution in [0.2, 0.25) is 0 Å². The molecule has 1 spiro atoms. The zero-order chi connectivity index (χ0) is 14.9. The molecule has 8 heteroatoms. The minimum Gasteiger partial charge on any atom is -0.368 e. The van der Waals surface area contributed by atoms with E-state index in [4.69, 9.17) is 11.5 Å². The molecule has 2 atom stereocenters. The minimum atomic E-state index is -0.779. The van der Waals surface area contributed by atoms with E-state index in [9.17, 15) is 14.4 Å². The van der Waals surface area contributed by atoms with Crippen LogP contribution in [0.1, 0.15) is 32.6 Å². The lowest BCUT2D eigenvalue weighted by Gasteiger charge is -2.39. The Morgan fingerprint density at radius 3 is 2.48 bits per heavy atom. The Kier molecular flexibility index (Phi) is 5.58. The SMILES string of the molecule is CC(=O)N1CCC2(CC1)CC(CC(N)C(N)=O)C(=O)N2.Cl. The molecule has 0 bridgehead atoms. The summed E-state index contributed by atoms with van der Waals surface area (Å²) in [6.45, 7) is 2.87. The Balaban J connectivity index is 0.00000220. The Bertz CT molecular complexity index is 435. The fraction of sp³-hybridized carbons (Fsp3) is 0.769. The van der Waals surface area contributed by atoms with E-state index in [0.717, 1.165) is 12.8 Å². The number of hydrogen-bond acceptors (Lipinski definition) is 4. The molecule has 2 heterocycles. The molecular formula is C13H23ClN4O3. The number of nitrogens with zero attached hydrogens (tertiary/aromatic N) is 1. The summed E-state index contributed by atoms with van der Waals surface area (Å²) in [6, 6.07) is -0.779. The number of hydrogen-bond donors (Lipinski definition) is 3. The van der Waals surface area contributed by atoms with Crippen molar-refractivity contribution in [1.82, 2.24) is 10.2 Å². The van der Waals surface area contributed by atoms with E-state index in [2.05, 4.69) is 5.32 Å². The van der Waals surface area contributed by atoms with Gasteiger partial charge in [0.05, 0.1) is 6.04 Å². The Morgan fingerprint density at radius 2 is 2.00 bits per heavy atom. The second kappa shape index (κ2) is 6.62. The Hall–Kier alpha value is -1.34. The summed E-state index contributed by atoms with van der Waals surface area (Å²) in [4.78, 5) is 36.1. The summed E-state index contributed by atoms with van der Waals surface area (Å²) in [5.74, 6) is -0.832. The molecule has 3 amide bonds. The molecule has 2 rings (SSSR count). The maximum Gasteiger partial charge on any atom is 0.234 e. The maximum absolute atomic E-state index is 12.0. The minimum absolute atomic E-state index is 0. The van der Waals surface area contributed by atoms with Crippen molar-refractivity contribution in [2.45, 2.75) is 44.2 Å². The number of primary amides is 1. The highest BCUT2D eigenvalue weighted by Gasteiger charge is 2.46. The number of nitrogens with one attached hydrogen (secondary N) is 1. The molecule has 0 aromatic rings. The van der Waals surface area contributed by atoms with Crippen LogP contribution in [-0.2, 0) is 14.4 Å². The Morgan fingerprint density at radius 1 is 1.43 bits per heavy atom. The summed E-state index contributed by atoms with van der Waals surface area (Å²) in [6.07, 6.45) is 2.46. The van der Waals surface area contributed by atoms with Crippen LogP contribution in [0, 0.1) is 5.92 Å². The van der Waals surface area contributed by atoms with Gasteiger partial charge in [-0.3, -0.25) is 14.4 Å². The molecule has 5 N–H and O–H groups in total. The van der Waals surface area contributed by atoms with Gasteiger partial charge < -0.3 is 21.7 Å². The average molecular weight is 319 g/mol. The molecule has 2 fully saturated rings. The first kappa shape index (κ1) is 17.7. The van der Waals surface area contributed by atoms with Gasteiger partial charge >= 0.3 is 0 Å². The number of rotatable bonds is 3. The first-order valence-electron chi connectivity index (χ1n) is 6.95. The highest BCUT2D eigenvalue weighted by Crippen LogP contribution is 2.36. The average Bonchev–Trinajstić information content (AvgIpc) is 2.66. The van der Waals surface area contributed by atoms with E-state index >= 15 is 0 Å². The molecule has 2 aliphatic heterocycles. The molecule has 120 valence electrons. The zero-order valence-corrected chi connectivity index (χ0v) is 12.9. The number of likely N-dealkylation sites (tertiary alicyclic amines) is 1. The lowest BCUT2D eigenvalue weighted by atomic mass is 9.82. The molecule has 0 aromatic heterocycles. The summed E-state index contributed by atoms with van der Waals surface area (Å²) in [5.41, 5.74) is 10.5. The predicted molar refractivity (Wildman–Crippen MR) is 79.5 cm³/mol. The van der Waals surface area contributed by atoms with Crippen LogP contribution in [0.4, 0.5) is 0 Å². The van der Waals surface area contributed by atoms with Gasteiger partial charge in [0.2, 0.25) is 17.7 Å². The van der Waals surface area contributed by atoms with Crippen molar-refractivity contribution in [3.05, 3.63) is 0 Å². The van der Waals surface area contributed by atoms with Crippen molar-refractivity contribution in [3.63, 3.8) is 0 Å². The summed E-state index contributed by atoms with van der Waals surface area (Å²) < 4.78 is 0. The number of nitrogens with two attached hydrogens (primary N) is 2. The standard InChI is InChI=1S/C13H22N4O3.ClH/c1-8(18)17-4-2-13(3-5-17)7-9(12(20)16-13)6-10(14)11(15)19;/h9-10H,2-7,14H2,1H3,(H2,15,19)(H,16,20);1H. The molecule has 0 radical (unpaired) electrons. The van der Waals surface area contributed by atoms with E-state index < -0.39 is 11.9 Å². The van der Waals surface area contributed by atoms with Gasteiger partial charge in [-0.15, -0.1) is 12.4 Å². The normalized spacial score (nSPS) is 25.1. The molecule has 0 saturated carbocycles. The van der Waals surface area contributed by atoms with E-state index in [1.807, 2.05) is 0 Å². The number of amides is 3. The second-order valence-corrected chi connectivity index (χ2v) is 5.92. The summed E-state index contributed by atoms with van der Waals surface area (Å²) >= 11 is 0. The number of piperidine rings is 1. The number of carbonyl (C=O) groups is 3. The van der Waals surface area contributed by atoms with E-state index in [-0.39, 0.29) is 35.7 Å². The van der Waals surface area contributed by atoms with Gasteiger partial charge in [-0.25, -0.2) is 0 Å². The van der Waals surface area contributed by atoms with Crippen molar-refractivity contribution in [1.29, 1.82) is 0 Å². The molecule has 7 nitrogen and oxygen atoms in total. The van der Waals surface area contributed by atoms with Crippen molar-refractivity contribution >= 4 is 30.1 Å². The van der Waals surface area contributed by atoms with Gasteiger partial charge in [0, 0.05) is 31.5 Å². The first-order valence-corrected chi connectivity index (χ1v) is 6.95. The highest BCUT2D eigenvalue weighted by atomic mass is 35.5. The fourth-order valence-corrected chi connectivity index (χ4v) is 3.17. The molecule has 2 saturated heterocycles. The van der Waals surface area contributed by atoms with Crippen molar-refractivity contribution in [2.75, 3.05) is 13.1 Å². The van der Waals surface area contributed by atoms with E-state index in [1.165, 1.54) is 0 Å². The number of carbonyl (C=O) groups excluding carboxylic acids is 3. The van der Waals surface area contributed by atoms with Crippen LogP contribution < -0.4 is 16.8 Å². The number of halogens is 1. The third-order valence-electron chi connectivity index (χ3n) is 4.47. The van der Waals surface area contributed by atoms with Crippen LogP contribution in [0.15, 0.2) is 0 Å². The second-order valence-electron chi connectivity index (χ2n) is 5.92. The fourth-order valence-electron chi connectivity index (χ4n) is 3.17. The third-order valence-corrected chi connectivity index (χ3v) is 4.47. The molecule has 0 aromatic carbocycles. The van der Waals surface area contributed by atoms with Crippen LogP contribution in [0.5, 0.6) is 0 Å². The third kappa shape index (κ3) is 3.85. The van der Waals surface area contributed by atoms with E-state index in [1.54, 1.807) is 11.8 Å². The lowest BCUT2D eigenvalue weighted by molar-refractivity contribution is -0.130. The summed E-state index contributed by atoms with van der Waals surface area (Å²) in [7, 11) is 0. The summed E-state index contributed by atoms with van der Waals surface area (Å²) in [5, 5.41) is 3.04. The molecule has 0 aliphatic carbocycles. The molecule has 2 unspecified atom stereocenters. The monoisotopic (exact) mass is 318 g/mol. The Labute approximate surface area is 130 Å². The molecule has 2 aliphatic rings. The van der Waals surface area contributed by atoms with Gasteiger partial charge in [0.1, 0.15) is 0 Å². The smallest absolute Gasteiger partial charge is 0.234 e. The zero-order valence-electron chi connectivity index (χ0n) is 12.1. The van der Waals surface area contributed by atoms with Crippen molar-refractivity contribution < 1.29 is 14.4 Å². The quantitative estimate of drug-likeness (QED) is 0.626. The molecule has 21 heavy (non-hydrogen) atoms. The first-order chi connectivity index (χ1) is 9.33. The van der Waals surface area contributed by atoms with Crippen LogP contribution >= 0.6 is 12.4 Å². The van der Waals surface area contributed by atoms with Gasteiger partial charge in [-0.1, -0.05) is 0 Å². The maximum atomic E-state index is 12.0. The van der Waals surface area contributed by atoms with E-state index in [0.29, 0.717) is 25.9 Å². The van der Waals surface area contributed by atoms with Crippen LogP contribution in [0.25, 0.3) is 0 Å². The van der Waals surface area contributed by atoms with Crippen molar-refractivity contribution in [2.24, 2.45) is 17.4 Å².